The minimum absolute atomic E-state index is 0.0340. The van der Waals surface area contributed by atoms with E-state index in [0.717, 1.165) is 36.0 Å². The Hall–Kier alpha value is -1.39. The van der Waals surface area contributed by atoms with Crippen molar-refractivity contribution in [3.05, 3.63) is 30.1 Å². The van der Waals surface area contributed by atoms with Crippen molar-refractivity contribution in [1.29, 1.82) is 0 Å². The molecule has 0 bridgehead atoms. The summed E-state index contributed by atoms with van der Waals surface area (Å²) in [6, 6.07) is 4.00. The molecule has 2 unspecified atom stereocenters. The molecule has 84 valence electrons. The summed E-state index contributed by atoms with van der Waals surface area (Å²) in [7, 11) is 0. The zero-order chi connectivity index (χ0) is 11.0. The van der Waals surface area contributed by atoms with Crippen molar-refractivity contribution in [2.45, 2.75) is 25.0 Å². The lowest BCUT2D eigenvalue weighted by Crippen LogP contribution is -2.37. The summed E-state index contributed by atoms with van der Waals surface area (Å²) in [5.74, 6) is 0. The van der Waals surface area contributed by atoms with Crippen molar-refractivity contribution in [3.63, 3.8) is 0 Å². The third-order valence-corrected chi connectivity index (χ3v) is 3.24. The summed E-state index contributed by atoms with van der Waals surface area (Å²) in [6.45, 7) is 0.967. The molecule has 0 radical (unpaired) electrons. The van der Waals surface area contributed by atoms with Crippen LogP contribution in [0, 0.1) is 0 Å². The third-order valence-electron chi connectivity index (χ3n) is 3.24. The number of hydrogen-bond donors (Lipinski definition) is 3. The van der Waals surface area contributed by atoms with Gasteiger partial charge in [-0.25, -0.2) is 4.98 Å². The van der Waals surface area contributed by atoms with Crippen LogP contribution in [0.2, 0.25) is 0 Å². The molecule has 4 heteroatoms. The van der Waals surface area contributed by atoms with Crippen LogP contribution in [0.1, 0.15) is 24.4 Å². The number of nitrogens with zero attached hydrogens (tertiary/aromatic N) is 1. The lowest BCUT2D eigenvalue weighted by Gasteiger charge is -2.28. The Balaban J connectivity index is 2.04. The van der Waals surface area contributed by atoms with E-state index in [9.17, 15) is 5.11 Å². The quantitative estimate of drug-likeness (QED) is 0.675. The molecular weight excluding hydrogens is 202 g/mol. The van der Waals surface area contributed by atoms with Crippen LogP contribution < -0.4 is 5.32 Å². The predicted molar refractivity (Wildman–Crippen MR) is 62.1 cm³/mol. The Morgan fingerprint density at radius 2 is 2.38 bits per heavy atom. The molecule has 3 rings (SSSR count). The Morgan fingerprint density at radius 1 is 1.44 bits per heavy atom. The fourth-order valence-electron chi connectivity index (χ4n) is 2.42. The van der Waals surface area contributed by atoms with E-state index in [-0.39, 0.29) is 12.1 Å². The maximum absolute atomic E-state index is 10.0. The number of aliphatic hydroxyl groups excluding tert-OH is 1. The van der Waals surface area contributed by atoms with Gasteiger partial charge in [0.2, 0.25) is 0 Å². The summed E-state index contributed by atoms with van der Waals surface area (Å²) < 4.78 is 0. The van der Waals surface area contributed by atoms with Gasteiger partial charge in [0.25, 0.3) is 0 Å². The summed E-state index contributed by atoms with van der Waals surface area (Å²) in [6.07, 6.45) is 5.33. The molecule has 1 saturated heterocycles. The maximum atomic E-state index is 10.0. The Kier molecular flexibility index (Phi) is 2.38. The van der Waals surface area contributed by atoms with Gasteiger partial charge < -0.3 is 15.4 Å². The van der Waals surface area contributed by atoms with Gasteiger partial charge in [0.15, 0.2) is 0 Å². The largest absolute Gasteiger partial charge is 0.391 e. The lowest BCUT2D eigenvalue weighted by atomic mass is 9.95. The van der Waals surface area contributed by atoms with E-state index in [1.807, 2.05) is 18.3 Å². The smallest absolute Gasteiger partial charge is 0.137 e. The first-order chi connectivity index (χ1) is 7.86. The highest BCUT2D eigenvalue weighted by atomic mass is 16.3. The van der Waals surface area contributed by atoms with Crippen molar-refractivity contribution in [2.24, 2.45) is 0 Å². The highest BCUT2D eigenvalue weighted by Crippen LogP contribution is 2.28. The van der Waals surface area contributed by atoms with Crippen molar-refractivity contribution in [1.82, 2.24) is 15.3 Å². The van der Waals surface area contributed by atoms with Gasteiger partial charge >= 0.3 is 0 Å². The van der Waals surface area contributed by atoms with Crippen LogP contribution in [0.4, 0.5) is 0 Å². The minimum atomic E-state index is -0.298. The number of hydrogen-bond acceptors (Lipinski definition) is 3. The Labute approximate surface area is 93.7 Å². The number of piperidine rings is 1. The van der Waals surface area contributed by atoms with Gasteiger partial charge in [0, 0.05) is 17.8 Å². The molecule has 16 heavy (non-hydrogen) atoms. The molecule has 2 aromatic rings. The van der Waals surface area contributed by atoms with E-state index in [0.29, 0.717) is 0 Å². The van der Waals surface area contributed by atoms with Crippen LogP contribution in [-0.4, -0.2) is 27.7 Å². The molecular formula is C12H15N3O. The maximum Gasteiger partial charge on any atom is 0.137 e. The van der Waals surface area contributed by atoms with E-state index < -0.39 is 0 Å². The number of rotatable bonds is 1. The second-order valence-corrected chi connectivity index (χ2v) is 4.28. The van der Waals surface area contributed by atoms with Gasteiger partial charge in [-0.05, 0) is 37.1 Å². The molecule has 3 heterocycles. The molecule has 4 nitrogen and oxygen atoms in total. The number of aromatic amines is 1. The molecule has 1 aliphatic heterocycles. The number of nitrogens with one attached hydrogen (secondary N) is 2. The van der Waals surface area contributed by atoms with Gasteiger partial charge in [-0.2, -0.15) is 0 Å². The minimum Gasteiger partial charge on any atom is -0.391 e. The van der Waals surface area contributed by atoms with Crippen LogP contribution in [0.15, 0.2) is 24.5 Å². The zero-order valence-electron chi connectivity index (χ0n) is 8.98. The van der Waals surface area contributed by atoms with E-state index in [4.69, 9.17) is 0 Å². The van der Waals surface area contributed by atoms with Gasteiger partial charge in [-0.1, -0.05) is 0 Å². The van der Waals surface area contributed by atoms with Crippen LogP contribution in [0.25, 0.3) is 11.0 Å². The summed E-state index contributed by atoms with van der Waals surface area (Å²) in [4.78, 5) is 7.40. The van der Waals surface area contributed by atoms with Crippen LogP contribution in [0.3, 0.4) is 0 Å². The van der Waals surface area contributed by atoms with Gasteiger partial charge in [-0.15, -0.1) is 0 Å². The standard InChI is InChI=1S/C12H15N3O/c16-10-4-2-5-13-11(10)9-7-15-12-8(9)3-1-6-14-12/h1,3,6-7,10-11,13,16H,2,4-5H2,(H,14,15). The number of fused-ring (bicyclic) bond motifs is 1. The van der Waals surface area contributed by atoms with Crippen molar-refractivity contribution < 1.29 is 5.11 Å². The molecule has 1 fully saturated rings. The average molecular weight is 217 g/mol. The predicted octanol–water partition coefficient (Wildman–Crippen LogP) is 1.35. The van der Waals surface area contributed by atoms with Crippen molar-refractivity contribution >= 4 is 11.0 Å². The second kappa shape index (κ2) is 3.88. The van der Waals surface area contributed by atoms with Crippen molar-refractivity contribution in [3.8, 4) is 0 Å². The first-order valence-corrected chi connectivity index (χ1v) is 5.70. The molecule has 1 aliphatic rings. The average Bonchev–Trinajstić information content (AvgIpc) is 2.74. The normalized spacial score (nSPS) is 26.1. The monoisotopic (exact) mass is 217 g/mol. The number of pyridine rings is 1. The fraction of sp³-hybridized carbons (Fsp3) is 0.417. The van der Waals surface area contributed by atoms with E-state index in [1.165, 1.54) is 0 Å². The van der Waals surface area contributed by atoms with E-state index >= 15 is 0 Å². The number of H-pyrrole nitrogens is 1. The first-order valence-electron chi connectivity index (χ1n) is 5.70. The molecule has 2 aromatic heterocycles. The Bertz CT molecular complexity index is 494. The molecule has 0 aliphatic carbocycles. The molecule has 0 amide bonds. The van der Waals surface area contributed by atoms with Crippen LogP contribution in [0.5, 0.6) is 0 Å². The van der Waals surface area contributed by atoms with Crippen LogP contribution in [-0.2, 0) is 0 Å². The molecule has 0 aromatic carbocycles. The molecule has 0 spiro atoms. The van der Waals surface area contributed by atoms with Gasteiger partial charge in [0.1, 0.15) is 5.65 Å². The number of aromatic nitrogens is 2. The topological polar surface area (TPSA) is 60.9 Å². The fourth-order valence-corrected chi connectivity index (χ4v) is 2.42. The zero-order valence-corrected chi connectivity index (χ0v) is 8.98. The summed E-state index contributed by atoms with van der Waals surface area (Å²) >= 11 is 0. The van der Waals surface area contributed by atoms with Gasteiger partial charge in [0.05, 0.1) is 12.1 Å². The van der Waals surface area contributed by atoms with Crippen molar-refractivity contribution in [2.75, 3.05) is 6.54 Å². The van der Waals surface area contributed by atoms with Crippen LogP contribution >= 0.6 is 0 Å². The SMILES string of the molecule is OC1CCCNC1c1c[nH]c2ncccc12. The third kappa shape index (κ3) is 1.50. The number of aliphatic hydroxyl groups is 1. The molecule has 2 atom stereocenters. The Morgan fingerprint density at radius 3 is 3.25 bits per heavy atom. The molecule has 3 N–H and O–H groups in total. The van der Waals surface area contributed by atoms with Gasteiger partial charge in [-0.3, -0.25) is 0 Å². The first kappa shape index (κ1) is 9.81. The summed E-state index contributed by atoms with van der Waals surface area (Å²) in [5, 5.41) is 14.5. The van der Waals surface area contributed by atoms with E-state index in [1.54, 1.807) is 6.20 Å². The summed E-state index contributed by atoms with van der Waals surface area (Å²) in [5.41, 5.74) is 2.01. The molecule has 0 saturated carbocycles. The highest BCUT2D eigenvalue weighted by Gasteiger charge is 2.26. The van der Waals surface area contributed by atoms with E-state index in [2.05, 4.69) is 15.3 Å². The second-order valence-electron chi connectivity index (χ2n) is 4.28. The lowest BCUT2D eigenvalue weighted by molar-refractivity contribution is 0.0971. The highest BCUT2D eigenvalue weighted by molar-refractivity contribution is 5.80.